The van der Waals surface area contributed by atoms with E-state index >= 15 is 0 Å². The van der Waals surface area contributed by atoms with Crippen LogP contribution in [0.5, 0.6) is 0 Å². The van der Waals surface area contributed by atoms with Gasteiger partial charge in [0.15, 0.2) is 0 Å². The minimum absolute atomic E-state index is 0.0206. The van der Waals surface area contributed by atoms with Crippen molar-refractivity contribution in [1.29, 1.82) is 5.41 Å². The van der Waals surface area contributed by atoms with Crippen LogP contribution < -0.4 is 15.9 Å². The molecule has 0 aliphatic heterocycles. The van der Waals surface area contributed by atoms with Crippen LogP contribution in [0.15, 0.2) is 73.1 Å². The Labute approximate surface area is 193 Å². The first kappa shape index (κ1) is 23.9. The summed E-state index contributed by atoms with van der Waals surface area (Å²) in [5.41, 5.74) is 13.1. The lowest BCUT2D eigenvalue weighted by Crippen LogP contribution is -2.35. The number of methoxy groups -OCH3 is 1. The molecule has 0 saturated heterocycles. The Morgan fingerprint density at radius 2 is 1.76 bits per heavy atom. The average molecular weight is 450 g/mol. The largest absolute Gasteiger partial charge is 0.469 e. The summed E-state index contributed by atoms with van der Waals surface area (Å²) in [4.78, 5) is 18.1. The van der Waals surface area contributed by atoms with E-state index in [9.17, 15) is 10.0 Å². The minimum atomic E-state index is -0.528. The second-order valence-electron chi connectivity index (χ2n) is 7.76. The van der Waals surface area contributed by atoms with E-state index in [2.05, 4.69) is 5.48 Å². The number of hydroxylamine groups is 1. The molecule has 2 aromatic carbocycles. The first-order valence-electron chi connectivity index (χ1n) is 10.6. The zero-order chi connectivity index (χ0) is 23.8. The zero-order valence-electron chi connectivity index (χ0n) is 18.7. The van der Waals surface area contributed by atoms with Gasteiger partial charge in [0.1, 0.15) is 5.84 Å². The van der Waals surface area contributed by atoms with Crippen molar-refractivity contribution in [1.82, 2.24) is 5.48 Å². The smallest absolute Gasteiger partial charge is 0.311 e. The van der Waals surface area contributed by atoms with Crippen molar-refractivity contribution in [2.75, 3.05) is 7.11 Å². The molecule has 0 aliphatic carbocycles. The molecule has 0 amide bonds. The predicted molar refractivity (Wildman–Crippen MR) is 123 cm³/mol. The topological polar surface area (TPSA) is 122 Å². The number of pyridine rings is 1. The predicted octanol–water partition coefficient (Wildman–Crippen LogP) is 2.60. The molecule has 0 spiro atoms. The van der Waals surface area contributed by atoms with Gasteiger partial charge in [-0.05, 0) is 41.7 Å². The number of nitrogen functional groups attached to an aromatic ring is 1. The fourth-order valence-corrected chi connectivity index (χ4v) is 3.48. The fourth-order valence-electron chi connectivity index (χ4n) is 3.48. The number of hydrogen-bond acceptors (Lipinski definition) is 6. The first-order chi connectivity index (χ1) is 15.9. The van der Waals surface area contributed by atoms with Crippen LogP contribution in [0.25, 0.3) is 11.1 Å². The van der Waals surface area contributed by atoms with Crippen LogP contribution in [0.2, 0.25) is 0 Å². The molecule has 5 N–H and O–H groups in total. The van der Waals surface area contributed by atoms with Crippen LogP contribution in [-0.2, 0) is 27.3 Å². The van der Waals surface area contributed by atoms with E-state index in [-0.39, 0.29) is 11.8 Å². The molecule has 2 atom stereocenters. The molecule has 0 radical (unpaired) electrons. The first-order valence-corrected chi connectivity index (χ1v) is 10.6. The molecule has 0 aliphatic rings. The Morgan fingerprint density at radius 1 is 1.09 bits per heavy atom. The van der Waals surface area contributed by atoms with Gasteiger partial charge in [0.25, 0.3) is 0 Å². The summed E-state index contributed by atoms with van der Waals surface area (Å²) in [6, 6.07) is 18.9. The monoisotopic (exact) mass is 449 g/mol. The number of amidine groups is 1. The third-order valence-corrected chi connectivity index (χ3v) is 5.41. The highest BCUT2D eigenvalue weighted by molar-refractivity contribution is 5.95. The quantitative estimate of drug-likeness (QED) is 0.0943. The Balaban J connectivity index is 1.58. The second-order valence-corrected chi connectivity index (χ2v) is 7.76. The molecule has 33 heavy (non-hydrogen) atoms. The van der Waals surface area contributed by atoms with Gasteiger partial charge in [0.05, 0.1) is 19.1 Å². The highest BCUT2D eigenvalue weighted by Gasteiger charge is 2.27. The second kappa shape index (κ2) is 11.2. The van der Waals surface area contributed by atoms with Crippen LogP contribution in [0, 0.1) is 11.3 Å². The number of hydrogen-bond donors (Lipinski definition) is 4. The van der Waals surface area contributed by atoms with Gasteiger partial charge in [-0.1, -0.05) is 42.5 Å². The van der Waals surface area contributed by atoms with Crippen molar-refractivity contribution < 1.29 is 24.3 Å². The maximum Gasteiger partial charge on any atom is 0.311 e. The molecule has 1 aromatic heterocycles. The lowest BCUT2D eigenvalue weighted by molar-refractivity contribution is -0.904. The standard InChI is InChI=1S/C25H29N4O4/c1-17(23(25(30)32-2)15-19-4-3-5-22(14-19)24(26)27)33-28-16-18-6-8-20(9-7-18)21-10-12-29(31)13-11-21/h3-14,17,23,28,31H,15-16H2,1-2H3,(H3,26,27)/q+1/t17-,23-/m1/s1. The average Bonchev–Trinajstić information content (AvgIpc) is 2.83. The van der Waals surface area contributed by atoms with Gasteiger partial charge < -0.3 is 10.5 Å². The molecule has 1 heterocycles. The number of nitrogens with one attached hydrogen (secondary N) is 2. The maximum absolute atomic E-state index is 12.4. The molecule has 0 bridgehead atoms. The lowest BCUT2D eigenvalue weighted by Gasteiger charge is -2.22. The number of carbonyl (C=O) groups excluding carboxylic acids is 1. The number of nitrogens with zero attached hydrogens (tertiary/aromatic N) is 1. The molecule has 3 rings (SSSR count). The van der Waals surface area contributed by atoms with E-state index in [0.29, 0.717) is 18.5 Å². The Hall–Kier alpha value is -3.75. The molecular weight excluding hydrogens is 420 g/mol. The van der Waals surface area contributed by atoms with Crippen molar-refractivity contribution in [2.24, 2.45) is 11.7 Å². The molecule has 0 saturated carbocycles. The molecule has 0 unspecified atom stereocenters. The third-order valence-electron chi connectivity index (χ3n) is 5.41. The zero-order valence-corrected chi connectivity index (χ0v) is 18.7. The molecular formula is C25H29N4O4+. The Morgan fingerprint density at radius 3 is 2.39 bits per heavy atom. The minimum Gasteiger partial charge on any atom is -0.469 e. The van der Waals surface area contributed by atoms with Gasteiger partial charge >= 0.3 is 5.97 Å². The number of carbonyl (C=O) groups is 1. The van der Waals surface area contributed by atoms with Crippen LogP contribution in [-0.4, -0.2) is 30.2 Å². The highest BCUT2D eigenvalue weighted by Crippen LogP contribution is 2.19. The van der Waals surface area contributed by atoms with Crippen LogP contribution in [0.4, 0.5) is 0 Å². The van der Waals surface area contributed by atoms with Gasteiger partial charge in [-0.3, -0.25) is 20.2 Å². The van der Waals surface area contributed by atoms with Gasteiger partial charge in [-0.15, -0.1) is 0 Å². The van der Waals surface area contributed by atoms with Gasteiger partial charge in [0, 0.05) is 29.0 Å². The van der Waals surface area contributed by atoms with Crippen LogP contribution in [0.1, 0.15) is 23.6 Å². The Kier molecular flexibility index (Phi) is 8.12. The molecule has 8 heteroatoms. The molecule has 3 aromatic rings. The summed E-state index contributed by atoms with van der Waals surface area (Å²) in [5.74, 6) is -0.916. The summed E-state index contributed by atoms with van der Waals surface area (Å²) in [7, 11) is 1.36. The van der Waals surface area contributed by atoms with Crippen molar-refractivity contribution in [3.8, 4) is 11.1 Å². The van der Waals surface area contributed by atoms with E-state index in [0.717, 1.165) is 27.0 Å². The van der Waals surface area contributed by atoms with Crippen LogP contribution in [0.3, 0.4) is 0 Å². The summed E-state index contributed by atoms with van der Waals surface area (Å²) >= 11 is 0. The highest BCUT2D eigenvalue weighted by atomic mass is 16.7. The van der Waals surface area contributed by atoms with Gasteiger partial charge in [0.2, 0.25) is 12.4 Å². The number of ether oxygens (including phenoxy) is 1. The van der Waals surface area contributed by atoms with E-state index < -0.39 is 12.0 Å². The van der Waals surface area contributed by atoms with Gasteiger partial charge in [-0.2, -0.15) is 5.48 Å². The Bertz CT molecular complexity index is 1080. The summed E-state index contributed by atoms with van der Waals surface area (Å²) in [6.45, 7) is 2.28. The van der Waals surface area contributed by atoms with Gasteiger partial charge in [-0.25, -0.2) is 0 Å². The van der Waals surface area contributed by atoms with E-state index in [1.165, 1.54) is 7.11 Å². The number of benzene rings is 2. The SMILES string of the molecule is COC(=O)[C@H](Cc1cccc(C(=N)N)c1)[C@@H](C)ONCc1ccc(-c2cc[n+](O)cc2)cc1. The van der Waals surface area contributed by atoms with E-state index in [1.54, 1.807) is 24.5 Å². The van der Waals surface area contributed by atoms with Crippen molar-refractivity contribution in [3.05, 3.63) is 89.7 Å². The van der Waals surface area contributed by atoms with E-state index in [1.807, 2.05) is 55.5 Å². The molecule has 172 valence electrons. The van der Waals surface area contributed by atoms with Crippen molar-refractivity contribution in [3.63, 3.8) is 0 Å². The van der Waals surface area contributed by atoms with Crippen molar-refractivity contribution >= 4 is 11.8 Å². The molecule has 0 fully saturated rings. The number of nitrogens with two attached hydrogens (primary N) is 1. The number of esters is 1. The lowest BCUT2D eigenvalue weighted by atomic mass is 9.94. The third kappa shape index (κ3) is 6.61. The van der Waals surface area contributed by atoms with E-state index in [4.69, 9.17) is 20.7 Å². The fraction of sp³-hybridized carbons (Fsp3) is 0.240. The number of aromatic nitrogens is 1. The maximum atomic E-state index is 12.4. The van der Waals surface area contributed by atoms with Crippen molar-refractivity contribution in [2.45, 2.75) is 26.0 Å². The summed E-state index contributed by atoms with van der Waals surface area (Å²) in [6.07, 6.45) is 3.10. The van der Waals surface area contributed by atoms with Crippen LogP contribution >= 0.6 is 0 Å². The normalized spacial score (nSPS) is 12.7. The number of rotatable bonds is 10. The summed E-state index contributed by atoms with van der Waals surface area (Å²) in [5, 5.41) is 17.0. The summed E-state index contributed by atoms with van der Waals surface area (Å²) < 4.78 is 5.98. The molecule has 8 nitrogen and oxygen atoms in total.